The number of ether oxygens (including phenoxy) is 1. The fourth-order valence-electron chi connectivity index (χ4n) is 2.91. The van der Waals surface area contributed by atoms with Crippen LogP contribution in [0.4, 0.5) is 0 Å². The van der Waals surface area contributed by atoms with Gasteiger partial charge in [-0.15, -0.1) is 0 Å². The molecule has 1 N–H and O–H groups in total. The molecule has 0 bridgehead atoms. The van der Waals surface area contributed by atoms with Crippen LogP contribution in [0.1, 0.15) is 31.0 Å². The summed E-state index contributed by atoms with van der Waals surface area (Å²) in [6, 6.07) is 8.47. The number of hydrogen-bond donors (Lipinski definition) is 1. The number of aromatic nitrogens is 1. The molecule has 1 fully saturated rings. The Labute approximate surface area is 153 Å². The molecule has 22 heavy (non-hydrogen) atoms. The Morgan fingerprint density at radius 2 is 1.77 bits per heavy atom. The van der Waals surface area contributed by atoms with Gasteiger partial charge < -0.3 is 4.74 Å². The van der Waals surface area contributed by atoms with Crippen molar-refractivity contribution in [3.05, 3.63) is 61.4 Å². The van der Waals surface area contributed by atoms with Crippen molar-refractivity contribution in [1.29, 1.82) is 0 Å². The lowest BCUT2D eigenvalue weighted by Gasteiger charge is -2.27. The van der Waals surface area contributed by atoms with Gasteiger partial charge in [0.2, 0.25) is 0 Å². The van der Waals surface area contributed by atoms with Crippen LogP contribution in [-0.2, 0) is 10.5 Å². The van der Waals surface area contributed by atoms with E-state index >= 15 is 0 Å². The average molecular weight is 449 g/mol. The van der Waals surface area contributed by atoms with Gasteiger partial charge in [0.1, 0.15) is 5.72 Å². The van der Waals surface area contributed by atoms with Gasteiger partial charge in [-0.1, -0.05) is 35.3 Å². The predicted octanol–water partition coefficient (Wildman–Crippen LogP) is 4.92. The summed E-state index contributed by atoms with van der Waals surface area (Å²) in [5, 5.41) is 4.53. The second-order valence-electron chi connectivity index (χ2n) is 5.51. The monoisotopic (exact) mass is 448 g/mol. The van der Waals surface area contributed by atoms with Crippen LogP contribution in [0.3, 0.4) is 0 Å². The van der Waals surface area contributed by atoms with Gasteiger partial charge in [0.15, 0.2) is 0 Å². The van der Waals surface area contributed by atoms with Crippen LogP contribution in [0, 0.1) is 3.57 Å². The summed E-state index contributed by atoms with van der Waals surface area (Å²) < 4.78 is 7.39. The first kappa shape index (κ1) is 16.5. The van der Waals surface area contributed by atoms with Crippen molar-refractivity contribution in [2.24, 2.45) is 0 Å². The zero-order chi connectivity index (χ0) is 15.9. The maximum atomic E-state index is 6.29. The first-order chi connectivity index (χ1) is 10.4. The largest absolute Gasteiger partial charge is 0.352 e. The van der Waals surface area contributed by atoms with E-state index in [1.165, 1.54) is 9.13 Å². The van der Waals surface area contributed by atoms with Crippen LogP contribution in [0.5, 0.6) is 0 Å². The number of nitrogens with zero attached hydrogens (tertiary/aromatic N) is 1. The Bertz CT molecular complexity index is 675. The maximum Gasteiger partial charge on any atom is 0.146 e. The molecule has 3 atom stereocenters. The molecular weight excluding hydrogens is 434 g/mol. The average Bonchev–Trinajstić information content (AvgIpc) is 2.75. The number of rotatable bonds is 2. The molecular formula is C16H15Cl2IN2O. The number of nitrogens with one attached hydrogen (secondary N) is 1. The second kappa shape index (κ2) is 6.24. The smallest absolute Gasteiger partial charge is 0.146 e. The normalized spacial score (nSPS) is 28.0. The Kier molecular flexibility index (Phi) is 4.67. The van der Waals surface area contributed by atoms with E-state index in [4.69, 9.17) is 27.9 Å². The highest BCUT2D eigenvalue weighted by Gasteiger charge is 2.44. The molecule has 3 rings (SSSR count). The lowest BCUT2D eigenvalue weighted by molar-refractivity contribution is -0.0355. The molecule has 1 aliphatic rings. The van der Waals surface area contributed by atoms with Gasteiger partial charge in [-0.3, -0.25) is 10.3 Å². The highest BCUT2D eigenvalue weighted by molar-refractivity contribution is 14.1. The molecule has 0 aliphatic carbocycles. The van der Waals surface area contributed by atoms with Gasteiger partial charge >= 0.3 is 0 Å². The van der Waals surface area contributed by atoms with E-state index in [0.29, 0.717) is 10.0 Å². The lowest BCUT2D eigenvalue weighted by atomic mass is 10.0. The van der Waals surface area contributed by atoms with E-state index in [1.807, 2.05) is 13.8 Å². The Morgan fingerprint density at radius 3 is 2.36 bits per heavy atom. The van der Waals surface area contributed by atoms with Gasteiger partial charge in [-0.05, 0) is 54.1 Å². The van der Waals surface area contributed by atoms with E-state index in [1.54, 1.807) is 12.4 Å². The number of halogens is 3. The third-order valence-corrected chi connectivity index (χ3v) is 5.17. The van der Waals surface area contributed by atoms with Crippen LogP contribution in [0.2, 0.25) is 10.0 Å². The molecule has 116 valence electrons. The minimum atomic E-state index is -0.746. The molecule has 0 saturated carbocycles. The molecule has 0 spiro atoms. The third-order valence-electron chi connectivity index (χ3n) is 3.88. The summed E-state index contributed by atoms with van der Waals surface area (Å²) in [6.07, 6.45) is 3.16. The topological polar surface area (TPSA) is 34.1 Å². The summed E-state index contributed by atoms with van der Waals surface area (Å²) in [4.78, 5) is 4.00. The SMILES string of the molecule is C[C@H]1OC(C)(c2c(Cl)cncc2Cl)N[C@H]1c1ccc(I)cc1. The van der Waals surface area contributed by atoms with Crippen molar-refractivity contribution in [3.63, 3.8) is 0 Å². The zero-order valence-corrected chi connectivity index (χ0v) is 15.8. The lowest BCUT2D eigenvalue weighted by Crippen LogP contribution is -2.36. The molecule has 3 nitrogen and oxygen atoms in total. The van der Waals surface area contributed by atoms with E-state index in [2.05, 4.69) is 57.2 Å². The highest BCUT2D eigenvalue weighted by Crippen LogP contribution is 2.42. The molecule has 2 heterocycles. The Morgan fingerprint density at radius 1 is 1.18 bits per heavy atom. The standard InChI is InChI=1S/C16H15Cl2IN2O/c1-9-15(10-3-5-11(19)6-4-10)21-16(2,22-9)14-12(17)7-20-8-13(14)18/h3-9,15,21H,1-2H3/t9-,15-,16?/m1/s1. The molecule has 1 unspecified atom stereocenters. The van der Waals surface area contributed by atoms with Gasteiger partial charge in [0.05, 0.1) is 22.2 Å². The summed E-state index contributed by atoms with van der Waals surface area (Å²) in [5.41, 5.74) is 1.16. The molecule has 6 heteroatoms. The van der Waals surface area contributed by atoms with E-state index in [9.17, 15) is 0 Å². The van der Waals surface area contributed by atoms with Crippen LogP contribution >= 0.6 is 45.8 Å². The molecule has 2 aromatic rings. The van der Waals surface area contributed by atoms with Gasteiger partial charge in [0, 0.05) is 21.5 Å². The summed E-state index contributed by atoms with van der Waals surface area (Å²) in [6.45, 7) is 3.99. The van der Waals surface area contributed by atoms with E-state index < -0.39 is 5.72 Å². The zero-order valence-electron chi connectivity index (χ0n) is 12.1. The van der Waals surface area contributed by atoms with Crippen LogP contribution in [0.25, 0.3) is 0 Å². The molecule has 1 aliphatic heterocycles. The van der Waals surface area contributed by atoms with Crippen molar-refractivity contribution in [3.8, 4) is 0 Å². The predicted molar refractivity (Wildman–Crippen MR) is 97.2 cm³/mol. The Balaban J connectivity index is 1.96. The van der Waals surface area contributed by atoms with Crippen LogP contribution < -0.4 is 5.32 Å². The molecule has 0 amide bonds. The first-order valence-corrected chi connectivity index (χ1v) is 8.74. The van der Waals surface area contributed by atoms with Crippen LogP contribution in [-0.4, -0.2) is 11.1 Å². The molecule has 0 radical (unpaired) electrons. The van der Waals surface area contributed by atoms with Crippen molar-refractivity contribution >= 4 is 45.8 Å². The summed E-state index contributed by atoms with van der Waals surface area (Å²) >= 11 is 14.9. The van der Waals surface area contributed by atoms with Crippen molar-refractivity contribution < 1.29 is 4.74 Å². The minimum Gasteiger partial charge on any atom is -0.352 e. The fourth-order valence-corrected chi connectivity index (χ4v) is 4.00. The maximum absolute atomic E-state index is 6.29. The quantitative estimate of drug-likeness (QED) is 0.662. The van der Waals surface area contributed by atoms with Gasteiger partial charge in [-0.2, -0.15) is 0 Å². The minimum absolute atomic E-state index is 0.00893. The number of hydrogen-bond acceptors (Lipinski definition) is 3. The van der Waals surface area contributed by atoms with E-state index in [-0.39, 0.29) is 12.1 Å². The summed E-state index contributed by atoms with van der Waals surface area (Å²) in [5.74, 6) is 0. The van der Waals surface area contributed by atoms with E-state index in [0.717, 1.165) is 5.56 Å². The third kappa shape index (κ3) is 2.99. The molecule has 1 aromatic carbocycles. The Hall–Kier alpha value is -0.400. The van der Waals surface area contributed by atoms with Gasteiger partial charge in [-0.25, -0.2) is 0 Å². The number of benzene rings is 1. The second-order valence-corrected chi connectivity index (χ2v) is 7.57. The fraction of sp³-hybridized carbons (Fsp3) is 0.312. The highest BCUT2D eigenvalue weighted by atomic mass is 127. The van der Waals surface area contributed by atoms with Crippen LogP contribution in [0.15, 0.2) is 36.7 Å². The molecule has 1 saturated heterocycles. The number of pyridine rings is 1. The van der Waals surface area contributed by atoms with Crippen molar-refractivity contribution in [2.75, 3.05) is 0 Å². The van der Waals surface area contributed by atoms with Gasteiger partial charge in [0.25, 0.3) is 0 Å². The van der Waals surface area contributed by atoms with Crippen molar-refractivity contribution in [1.82, 2.24) is 10.3 Å². The molecule has 1 aromatic heterocycles. The van der Waals surface area contributed by atoms with Crippen molar-refractivity contribution in [2.45, 2.75) is 31.7 Å². The summed E-state index contributed by atoms with van der Waals surface area (Å²) in [7, 11) is 0. The first-order valence-electron chi connectivity index (χ1n) is 6.91.